The van der Waals surface area contributed by atoms with Crippen LogP contribution in [-0.4, -0.2) is 33.3 Å². The van der Waals surface area contributed by atoms with Crippen molar-refractivity contribution in [1.82, 2.24) is 20.1 Å². The highest BCUT2D eigenvalue weighted by atomic mass is 35.5. The van der Waals surface area contributed by atoms with Crippen molar-refractivity contribution in [1.29, 1.82) is 0 Å². The molecule has 2 aromatic rings. The van der Waals surface area contributed by atoms with E-state index in [9.17, 15) is 4.79 Å². The fourth-order valence-corrected chi connectivity index (χ4v) is 2.89. The van der Waals surface area contributed by atoms with Crippen molar-refractivity contribution in [2.24, 2.45) is 11.7 Å². The molecule has 1 aliphatic carbocycles. The molecule has 1 saturated carbocycles. The first-order valence-corrected chi connectivity index (χ1v) is 7.24. The summed E-state index contributed by atoms with van der Waals surface area (Å²) in [5.41, 5.74) is 7.21. The smallest absolute Gasteiger partial charge is 0.251 e. The van der Waals surface area contributed by atoms with Crippen LogP contribution >= 0.6 is 24.8 Å². The van der Waals surface area contributed by atoms with Crippen molar-refractivity contribution in [2.75, 3.05) is 6.54 Å². The van der Waals surface area contributed by atoms with E-state index in [1.807, 2.05) is 24.3 Å². The van der Waals surface area contributed by atoms with E-state index in [0.717, 1.165) is 24.9 Å². The number of hydrogen-bond acceptors (Lipinski definition) is 4. The van der Waals surface area contributed by atoms with Crippen LogP contribution in [0.15, 0.2) is 36.9 Å². The third-order valence-electron chi connectivity index (χ3n) is 4.07. The van der Waals surface area contributed by atoms with E-state index in [-0.39, 0.29) is 36.8 Å². The highest BCUT2D eigenvalue weighted by Crippen LogP contribution is 2.25. The van der Waals surface area contributed by atoms with E-state index < -0.39 is 0 Å². The number of carbonyl (C=O) groups excluding carboxylic acids is 1. The molecule has 2 unspecified atom stereocenters. The zero-order chi connectivity index (χ0) is 14.7. The molecule has 1 heterocycles. The first kappa shape index (κ1) is 19.4. The van der Waals surface area contributed by atoms with E-state index in [1.165, 1.54) is 6.33 Å². The minimum absolute atomic E-state index is 0. The first-order chi connectivity index (χ1) is 10.3. The Bertz CT molecular complexity index is 620. The Hall–Kier alpha value is -1.63. The van der Waals surface area contributed by atoms with Crippen LogP contribution in [-0.2, 0) is 0 Å². The molecule has 1 fully saturated rings. The fraction of sp³-hybridized carbons (Fsp3) is 0.400. The van der Waals surface area contributed by atoms with Gasteiger partial charge in [-0.15, -0.1) is 24.8 Å². The maximum Gasteiger partial charge on any atom is 0.251 e. The van der Waals surface area contributed by atoms with Gasteiger partial charge in [0.15, 0.2) is 0 Å². The molecule has 3 N–H and O–H groups in total. The van der Waals surface area contributed by atoms with Gasteiger partial charge in [0.2, 0.25) is 0 Å². The molecular weight excluding hydrogens is 337 g/mol. The SMILES string of the molecule is Cl.Cl.NCC1CCCC1NC(=O)c1cccc(-n2cncn2)c1. The average molecular weight is 358 g/mol. The summed E-state index contributed by atoms with van der Waals surface area (Å²) in [5.74, 6) is 0.342. The third-order valence-corrected chi connectivity index (χ3v) is 4.07. The topological polar surface area (TPSA) is 85.8 Å². The zero-order valence-corrected chi connectivity index (χ0v) is 14.2. The van der Waals surface area contributed by atoms with Gasteiger partial charge in [0, 0.05) is 11.6 Å². The highest BCUT2D eigenvalue weighted by molar-refractivity contribution is 5.95. The summed E-state index contributed by atoms with van der Waals surface area (Å²) in [6, 6.07) is 7.56. The second-order valence-electron chi connectivity index (χ2n) is 5.40. The lowest BCUT2D eigenvalue weighted by Gasteiger charge is -2.19. The molecule has 1 aliphatic rings. The molecule has 0 aliphatic heterocycles. The Morgan fingerprint density at radius 2 is 2.17 bits per heavy atom. The molecule has 1 aromatic heterocycles. The summed E-state index contributed by atoms with van der Waals surface area (Å²) in [5, 5.41) is 7.18. The third kappa shape index (κ3) is 4.43. The number of amides is 1. The number of rotatable bonds is 4. The standard InChI is InChI=1S/C15H19N5O.2ClH/c16-8-12-4-2-6-14(12)19-15(21)11-3-1-5-13(7-11)20-10-17-9-18-20;;/h1,3,5,7,9-10,12,14H,2,4,6,8,16H2,(H,19,21);2*1H. The molecule has 6 nitrogen and oxygen atoms in total. The molecule has 23 heavy (non-hydrogen) atoms. The molecule has 2 atom stereocenters. The Morgan fingerprint density at radius 3 is 2.87 bits per heavy atom. The summed E-state index contributed by atoms with van der Waals surface area (Å²) in [4.78, 5) is 16.3. The molecule has 0 bridgehead atoms. The van der Waals surface area contributed by atoms with Crippen LogP contribution in [0.5, 0.6) is 0 Å². The first-order valence-electron chi connectivity index (χ1n) is 7.24. The summed E-state index contributed by atoms with van der Waals surface area (Å²) in [6.07, 6.45) is 6.32. The number of benzene rings is 1. The van der Waals surface area contributed by atoms with Crippen molar-refractivity contribution < 1.29 is 4.79 Å². The monoisotopic (exact) mass is 357 g/mol. The quantitative estimate of drug-likeness (QED) is 0.875. The van der Waals surface area contributed by atoms with Gasteiger partial charge in [0.1, 0.15) is 12.7 Å². The Balaban J connectivity index is 0.00000132. The molecule has 3 rings (SSSR count). The molecule has 126 valence electrons. The van der Waals surface area contributed by atoms with Gasteiger partial charge in [-0.3, -0.25) is 4.79 Å². The second-order valence-corrected chi connectivity index (χ2v) is 5.40. The van der Waals surface area contributed by atoms with Crippen LogP contribution < -0.4 is 11.1 Å². The van der Waals surface area contributed by atoms with Crippen molar-refractivity contribution >= 4 is 30.7 Å². The summed E-state index contributed by atoms with van der Waals surface area (Å²) < 4.78 is 1.63. The Morgan fingerprint density at radius 1 is 1.35 bits per heavy atom. The molecule has 0 saturated heterocycles. The second kappa shape index (κ2) is 8.86. The van der Waals surface area contributed by atoms with Gasteiger partial charge in [0.05, 0.1) is 5.69 Å². The van der Waals surface area contributed by atoms with Gasteiger partial charge in [-0.05, 0) is 43.5 Å². The fourth-order valence-electron chi connectivity index (χ4n) is 2.89. The van der Waals surface area contributed by atoms with Crippen molar-refractivity contribution in [2.45, 2.75) is 25.3 Å². The van der Waals surface area contributed by atoms with Crippen LogP contribution in [0.1, 0.15) is 29.6 Å². The van der Waals surface area contributed by atoms with Gasteiger partial charge in [-0.2, -0.15) is 5.10 Å². The van der Waals surface area contributed by atoms with Gasteiger partial charge < -0.3 is 11.1 Å². The zero-order valence-electron chi connectivity index (χ0n) is 12.6. The summed E-state index contributed by atoms with van der Waals surface area (Å²) in [6.45, 7) is 0.629. The number of nitrogens with two attached hydrogens (primary N) is 1. The number of nitrogens with zero attached hydrogens (tertiary/aromatic N) is 3. The number of nitrogens with one attached hydrogen (secondary N) is 1. The van der Waals surface area contributed by atoms with Crippen molar-refractivity contribution in [3.63, 3.8) is 0 Å². The van der Waals surface area contributed by atoms with E-state index in [0.29, 0.717) is 18.0 Å². The van der Waals surface area contributed by atoms with Crippen LogP contribution in [0.2, 0.25) is 0 Å². The van der Waals surface area contributed by atoms with Gasteiger partial charge >= 0.3 is 0 Å². The highest BCUT2D eigenvalue weighted by Gasteiger charge is 2.27. The predicted molar refractivity (Wildman–Crippen MR) is 93.5 cm³/mol. The lowest BCUT2D eigenvalue weighted by atomic mass is 10.0. The number of halogens is 2. The van der Waals surface area contributed by atoms with Crippen molar-refractivity contribution in [3.05, 3.63) is 42.5 Å². The van der Waals surface area contributed by atoms with Crippen LogP contribution in [0.25, 0.3) is 5.69 Å². The molecule has 8 heteroatoms. The van der Waals surface area contributed by atoms with Gasteiger partial charge in [-0.1, -0.05) is 12.5 Å². The van der Waals surface area contributed by atoms with E-state index in [1.54, 1.807) is 11.0 Å². The number of aromatic nitrogens is 3. The average Bonchev–Trinajstić information content (AvgIpc) is 3.18. The molecule has 0 radical (unpaired) electrons. The predicted octanol–water partition coefficient (Wildman–Crippen LogP) is 1.97. The normalized spacial score (nSPS) is 19.5. The van der Waals surface area contributed by atoms with Gasteiger partial charge in [0.25, 0.3) is 5.91 Å². The molecule has 1 amide bonds. The molecule has 0 spiro atoms. The largest absolute Gasteiger partial charge is 0.349 e. The number of carbonyl (C=O) groups is 1. The van der Waals surface area contributed by atoms with Crippen LogP contribution in [0, 0.1) is 5.92 Å². The van der Waals surface area contributed by atoms with Gasteiger partial charge in [-0.25, -0.2) is 9.67 Å². The van der Waals surface area contributed by atoms with Crippen LogP contribution in [0.4, 0.5) is 0 Å². The van der Waals surface area contributed by atoms with E-state index in [4.69, 9.17) is 5.73 Å². The summed E-state index contributed by atoms with van der Waals surface area (Å²) in [7, 11) is 0. The minimum atomic E-state index is -0.0534. The van der Waals surface area contributed by atoms with E-state index >= 15 is 0 Å². The Labute approximate surface area is 147 Å². The Kier molecular flexibility index (Phi) is 7.48. The van der Waals surface area contributed by atoms with Crippen molar-refractivity contribution in [3.8, 4) is 5.69 Å². The van der Waals surface area contributed by atoms with E-state index in [2.05, 4.69) is 15.4 Å². The maximum atomic E-state index is 12.4. The lowest BCUT2D eigenvalue weighted by Crippen LogP contribution is -2.39. The maximum absolute atomic E-state index is 12.4. The minimum Gasteiger partial charge on any atom is -0.349 e. The number of hydrogen-bond donors (Lipinski definition) is 2. The van der Waals surface area contributed by atoms with Crippen LogP contribution in [0.3, 0.4) is 0 Å². The molecular formula is C15H21Cl2N5O. The lowest BCUT2D eigenvalue weighted by molar-refractivity contribution is 0.0928. The summed E-state index contributed by atoms with van der Waals surface area (Å²) >= 11 is 0. The molecule has 1 aromatic carbocycles.